The topological polar surface area (TPSA) is 35.5 Å². The number of benzene rings is 1. The highest BCUT2D eigenvalue weighted by Crippen LogP contribution is 2.22. The van der Waals surface area contributed by atoms with Crippen LogP contribution in [0.15, 0.2) is 18.2 Å². The van der Waals surface area contributed by atoms with E-state index in [1.807, 2.05) is 0 Å². The van der Waals surface area contributed by atoms with Gasteiger partial charge >= 0.3 is 0 Å². The Labute approximate surface area is 93.2 Å². The van der Waals surface area contributed by atoms with Gasteiger partial charge in [-0.25, -0.2) is 4.39 Å². The van der Waals surface area contributed by atoms with Gasteiger partial charge in [0.2, 0.25) is 0 Å². The molecule has 1 aromatic rings. The van der Waals surface area contributed by atoms with Crippen LogP contribution < -0.4 is 4.74 Å². The van der Waals surface area contributed by atoms with Gasteiger partial charge in [0, 0.05) is 12.8 Å². The Morgan fingerprint density at radius 3 is 2.81 bits per heavy atom. The van der Waals surface area contributed by atoms with E-state index in [-0.39, 0.29) is 11.7 Å². The second kappa shape index (κ2) is 5.07. The molecule has 0 radical (unpaired) electrons. The highest BCUT2D eigenvalue weighted by atomic mass is 19.1. The second-order valence-electron chi connectivity index (χ2n) is 3.73. The quantitative estimate of drug-likeness (QED) is 0.738. The third-order valence-electron chi connectivity index (χ3n) is 2.56. The van der Waals surface area contributed by atoms with Crippen LogP contribution in [0.2, 0.25) is 0 Å². The molecule has 3 nitrogen and oxygen atoms in total. The lowest BCUT2D eigenvalue weighted by atomic mass is 10.1. The van der Waals surface area contributed by atoms with E-state index in [9.17, 15) is 9.18 Å². The van der Waals surface area contributed by atoms with Crippen molar-refractivity contribution >= 4 is 6.29 Å². The molecule has 0 bridgehead atoms. The van der Waals surface area contributed by atoms with E-state index in [1.165, 1.54) is 18.2 Å². The van der Waals surface area contributed by atoms with E-state index in [0.717, 1.165) is 12.8 Å². The Morgan fingerprint density at radius 1 is 1.38 bits per heavy atom. The Bertz CT molecular complexity index is 373. The molecule has 2 rings (SSSR count). The van der Waals surface area contributed by atoms with E-state index in [4.69, 9.17) is 9.47 Å². The lowest BCUT2D eigenvalue weighted by Gasteiger charge is -2.23. The zero-order chi connectivity index (χ0) is 11.4. The Morgan fingerprint density at radius 2 is 2.12 bits per heavy atom. The molecule has 0 amide bonds. The van der Waals surface area contributed by atoms with Gasteiger partial charge in [0.15, 0.2) is 6.29 Å². The largest absolute Gasteiger partial charge is 0.490 e. The maximum Gasteiger partial charge on any atom is 0.153 e. The minimum absolute atomic E-state index is 0.0536. The smallest absolute Gasteiger partial charge is 0.153 e. The molecule has 1 heterocycles. The molecule has 1 fully saturated rings. The van der Waals surface area contributed by atoms with Gasteiger partial charge in [-0.05, 0) is 18.2 Å². The van der Waals surface area contributed by atoms with Gasteiger partial charge in [-0.15, -0.1) is 0 Å². The monoisotopic (exact) mass is 224 g/mol. The molecule has 1 aliphatic heterocycles. The zero-order valence-corrected chi connectivity index (χ0v) is 8.82. The number of halogens is 1. The van der Waals surface area contributed by atoms with E-state index in [1.54, 1.807) is 0 Å². The molecule has 4 heteroatoms. The van der Waals surface area contributed by atoms with Crippen LogP contribution in [0.1, 0.15) is 23.2 Å². The minimum atomic E-state index is -0.429. The van der Waals surface area contributed by atoms with Crippen molar-refractivity contribution in [2.45, 2.75) is 18.9 Å². The van der Waals surface area contributed by atoms with Gasteiger partial charge < -0.3 is 9.47 Å². The fraction of sp³-hybridized carbons (Fsp3) is 0.417. The SMILES string of the molecule is O=Cc1cc(F)ccc1OC1CCOCC1. The highest BCUT2D eigenvalue weighted by molar-refractivity contribution is 5.79. The number of carbonyl (C=O) groups excluding carboxylic acids is 1. The molecule has 0 saturated carbocycles. The van der Waals surface area contributed by atoms with Gasteiger partial charge in [-0.3, -0.25) is 4.79 Å². The molecule has 0 spiro atoms. The first-order valence-electron chi connectivity index (χ1n) is 5.29. The summed E-state index contributed by atoms with van der Waals surface area (Å²) in [7, 11) is 0. The summed E-state index contributed by atoms with van der Waals surface area (Å²) in [5.41, 5.74) is 0.256. The molecule has 0 aliphatic carbocycles. The van der Waals surface area contributed by atoms with Crippen molar-refractivity contribution < 1.29 is 18.7 Å². The zero-order valence-electron chi connectivity index (χ0n) is 8.82. The van der Waals surface area contributed by atoms with Crippen LogP contribution in [-0.4, -0.2) is 25.6 Å². The molecule has 0 N–H and O–H groups in total. The van der Waals surface area contributed by atoms with E-state index >= 15 is 0 Å². The fourth-order valence-corrected chi connectivity index (χ4v) is 1.69. The molecular formula is C12H13FO3. The van der Waals surface area contributed by atoms with Crippen LogP contribution >= 0.6 is 0 Å². The van der Waals surface area contributed by atoms with Gasteiger partial charge in [0.05, 0.1) is 18.8 Å². The van der Waals surface area contributed by atoms with Crippen LogP contribution in [-0.2, 0) is 4.74 Å². The lowest BCUT2D eigenvalue weighted by molar-refractivity contribution is 0.0253. The van der Waals surface area contributed by atoms with Gasteiger partial charge in [0.1, 0.15) is 17.7 Å². The van der Waals surface area contributed by atoms with Gasteiger partial charge in [0.25, 0.3) is 0 Å². The third kappa shape index (κ3) is 2.58. The lowest BCUT2D eigenvalue weighted by Crippen LogP contribution is -2.26. The summed E-state index contributed by atoms with van der Waals surface area (Å²) in [5, 5.41) is 0. The maximum absolute atomic E-state index is 12.9. The summed E-state index contributed by atoms with van der Waals surface area (Å²) < 4.78 is 23.7. The summed E-state index contributed by atoms with van der Waals surface area (Å²) >= 11 is 0. The Kier molecular flexibility index (Phi) is 3.51. The number of aldehydes is 1. The molecule has 1 saturated heterocycles. The van der Waals surface area contributed by atoms with E-state index < -0.39 is 5.82 Å². The van der Waals surface area contributed by atoms with Crippen molar-refractivity contribution in [2.75, 3.05) is 13.2 Å². The molecule has 86 valence electrons. The minimum Gasteiger partial charge on any atom is -0.490 e. The Hall–Kier alpha value is -1.42. The first-order chi connectivity index (χ1) is 7.79. The Balaban J connectivity index is 2.10. The molecule has 0 unspecified atom stereocenters. The second-order valence-corrected chi connectivity index (χ2v) is 3.73. The first kappa shape index (κ1) is 11.1. The average Bonchev–Trinajstić information content (AvgIpc) is 2.33. The molecule has 0 atom stereocenters. The highest BCUT2D eigenvalue weighted by Gasteiger charge is 2.16. The van der Waals surface area contributed by atoms with Crippen molar-refractivity contribution in [3.63, 3.8) is 0 Å². The number of hydrogen-bond donors (Lipinski definition) is 0. The predicted molar refractivity (Wildman–Crippen MR) is 56.3 cm³/mol. The standard InChI is InChI=1S/C12H13FO3/c13-10-1-2-12(9(7-10)8-14)16-11-3-5-15-6-4-11/h1-2,7-8,11H,3-6H2. The summed E-state index contributed by atoms with van der Waals surface area (Å²) in [5.74, 6) is 0.0183. The molecule has 1 aromatic carbocycles. The van der Waals surface area contributed by atoms with Gasteiger partial charge in [-0.1, -0.05) is 0 Å². The van der Waals surface area contributed by atoms with Crippen LogP contribution in [0.25, 0.3) is 0 Å². The summed E-state index contributed by atoms with van der Waals surface area (Å²) in [4.78, 5) is 10.7. The molecule has 16 heavy (non-hydrogen) atoms. The van der Waals surface area contributed by atoms with Crippen LogP contribution in [0.5, 0.6) is 5.75 Å². The number of ether oxygens (including phenoxy) is 2. The van der Waals surface area contributed by atoms with E-state index in [2.05, 4.69) is 0 Å². The summed E-state index contributed by atoms with van der Waals surface area (Å²) in [6.07, 6.45) is 2.27. The maximum atomic E-state index is 12.9. The summed E-state index contributed by atoms with van der Waals surface area (Å²) in [6.45, 7) is 1.34. The number of hydrogen-bond acceptors (Lipinski definition) is 3. The first-order valence-corrected chi connectivity index (χ1v) is 5.29. The van der Waals surface area contributed by atoms with Crippen LogP contribution in [0.3, 0.4) is 0 Å². The van der Waals surface area contributed by atoms with Crippen molar-refractivity contribution in [3.8, 4) is 5.75 Å². The molecule has 1 aliphatic rings. The van der Waals surface area contributed by atoms with Crippen molar-refractivity contribution in [2.24, 2.45) is 0 Å². The normalized spacial score (nSPS) is 17.1. The van der Waals surface area contributed by atoms with Crippen molar-refractivity contribution in [1.82, 2.24) is 0 Å². The third-order valence-corrected chi connectivity index (χ3v) is 2.56. The van der Waals surface area contributed by atoms with Crippen molar-refractivity contribution in [1.29, 1.82) is 0 Å². The molecule has 0 aromatic heterocycles. The van der Waals surface area contributed by atoms with E-state index in [0.29, 0.717) is 25.2 Å². The summed E-state index contributed by atoms with van der Waals surface area (Å²) in [6, 6.07) is 3.97. The fourth-order valence-electron chi connectivity index (χ4n) is 1.69. The number of carbonyl (C=O) groups is 1. The van der Waals surface area contributed by atoms with Crippen LogP contribution in [0.4, 0.5) is 4.39 Å². The molecular weight excluding hydrogens is 211 g/mol. The van der Waals surface area contributed by atoms with Crippen molar-refractivity contribution in [3.05, 3.63) is 29.6 Å². The average molecular weight is 224 g/mol. The van der Waals surface area contributed by atoms with Gasteiger partial charge in [-0.2, -0.15) is 0 Å². The van der Waals surface area contributed by atoms with Crippen LogP contribution in [0, 0.1) is 5.82 Å². The number of rotatable bonds is 3. The predicted octanol–water partition coefficient (Wildman–Crippen LogP) is 2.20.